The van der Waals surface area contributed by atoms with Gasteiger partial charge in [0.25, 0.3) is 5.91 Å². The maximum absolute atomic E-state index is 12.5. The molecule has 0 saturated carbocycles. The normalized spacial score (nSPS) is 17.7. The van der Waals surface area contributed by atoms with Crippen LogP contribution >= 0.6 is 0 Å². The highest BCUT2D eigenvalue weighted by Gasteiger charge is 2.28. The summed E-state index contributed by atoms with van der Waals surface area (Å²) in [4.78, 5) is 12.5. The van der Waals surface area contributed by atoms with E-state index in [-0.39, 0.29) is 24.0 Å². The minimum atomic E-state index is -0.633. The zero-order chi connectivity index (χ0) is 18.0. The highest BCUT2D eigenvalue weighted by Crippen LogP contribution is 2.31. The van der Waals surface area contributed by atoms with Crippen molar-refractivity contribution < 1.29 is 14.3 Å². The van der Waals surface area contributed by atoms with Crippen LogP contribution in [0.2, 0.25) is 0 Å². The molecule has 3 rings (SSSR count). The van der Waals surface area contributed by atoms with Gasteiger partial charge in [-0.15, -0.1) is 0 Å². The van der Waals surface area contributed by atoms with Gasteiger partial charge in [-0.2, -0.15) is 0 Å². The first kappa shape index (κ1) is 17.3. The minimum Gasteiger partial charge on any atom is -0.485 e. The van der Waals surface area contributed by atoms with E-state index in [4.69, 9.17) is 9.47 Å². The number of nitrogens with one attached hydrogen (secondary N) is 1. The summed E-state index contributed by atoms with van der Waals surface area (Å²) in [5.74, 6) is 1.12. The van der Waals surface area contributed by atoms with Crippen molar-refractivity contribution in [2.45, 2.75) is 45.3 Å². The Kier molecular flexibility index (Phi) is 4.71. The molecule has 1 N–H and O–H groups in total. The molecule has 132 valence electrons. The molecule has 0 bridgehead atoms. The quantitative estimate of drug-likeness (QED) is 0.919. The maximum Gasteiger partial charge on any atom is 0.265 e. The van der Waals surface area contributed by atoms with E-state index < -0.39 is 6.10 Å². The number of hydrogen-bond acceptors (Lipinski definition) is 3. The number of para-hydroxylation sites is 2. The first-order valence-corrected chi connectivity index (χ1v) is 8.64. The fraction of sp³-hybridized carbons (Fsp3) is 0.381. The number of hydrogen-bond donors (Lipinski definition) is 1. The lowest BCUT2D eigenvalue weighted by atomic mass is 9.86. The average molecular weight is 339 g/mol. The minimum absolute atomic E-state index is 0.0951. The lowest BCUT2D eigenvalue weighted by Gasteiger charge is -2.27. The fourth-order valence-electron chi connectivity index (χ4n) is 2.81. The molecule has 0 aliphatic carbocycles. The van der Waals surface area contributed by atoms with E-state index in [9.17, 15) is 4.79 Å². The Bertz CT molecular complexity index is 746. The predicted octanol–water partition coefficient (Wildman–Crippen LogP) is 4.00. The predicted molar refractivity (Wildman–Crippen MR) is 98.1 cm³/mol. The summed E-state index contributed by atoms with van der Waals surface area (Å²) in [5.41, 5.74) is 2.46. The van der Waals surface area contributed by atoms with E-state index in [1.807, 2.05) is 31.2 Å². The molecule has 1 heterocycles. The average Bonchev–Trinajstić information content (AvgIpc) is 2.60. The van der Waals surface area contributed by atoms with Crippen molar-refractivity contribution in [3.05, 3.63) is 59.7 Å². The van der Waals surface area contributed by atoms with Gasteiger partial charge in [0.2, 0.25) is 6.10 Å². The summed E-state index contributed by atoms with van der Waals surface area (Å²) in [6.07, 6.45) is -0.633. The van der Waals surface area contributed by atoms with Crippen LogP contribution in [0.3, 0.4) is 0 Å². The van der Waals surface area contributed by atoms with Crippen LogP contribution in [0, 0.1) is 0 Å². The number of fused-ring (bicyclic) bond motifs is 1. The first-order chi connectivity index (χ1) is 11.8. The van der Waals surface area contributed by atoms with E-state index in [1.165, 1.54) is 5.56 Å². The van der Waals surface area contributed by atoms with Crippen LogP contribution in [0.4, 0.5) is 0 Å². The topological polar surface area (TPSA) is 47.6 Å². The van der Waals surface area contributed by atoms with Crippen LogP contribution in [0.25, 0.3) is 0 Å². The Morgan fingerprint density at radius 3 is 2.36 bits per heavy atom. The molecule has 2 atom stereocenters. The zero-order valence-electron chi connectivity index (χ0n) is 15.2. The second-order valence-electron chi connectivity index (χ2n) is 7.47. The second kappa shape index (κ2) is 6.79. The SMILES string of the molecule is C[C@H](NC(=O)[C@@H]1COc2ccccc2O1)c1ccc(C(C)(C)C)cc1. The third-order valence-corrected chi connectivity index (χ3v) is 4.44. The van der Waals surface area contributed by atoms with Crippen molar-refractivity contribution in [1.82, 2.24) is 5.32 Å². The van der Waals surface area contributed by atoms with Gasteiger partial charge in [0.1, 0.15) is 6.61 Å². The molecule has 1 aliphatic rings. The Hall–Kier alpha value is -2.49. The Labute approximate surface area is 149 Å². The summed E-state index contributed by atoms with van der Waals surface area (Å²) in [6.45, 7) is 8.75. The van der Waals surface area contributed by atoms with E-state index in [0.717, 1.165) is 5.56 Å². The van der Waals surface area contributed by atoms with Gasteiger partial charge in [0, 0.05) is 0 Å². The standard InChI is InChI=1S/C21H25NO3/c1-14(15-9-11-16(12-10-15)21(2,3)4)22-20(23)19-13-24-17-7-5-6-8-18(17)25-19/h5-12,14,19H,13H2,1-4H3,(H,22,23)/t14-,19-/m0/s1. The third kappa shape index (κ3) is 3.95. The Morgan fingerprint density at radius 2 is 1.72 bits per heavy atom. The van der Waals surface area contributed by atoms with E-state index in [1.54, 1.807) is 0 Å². The molecule has 2 aromatic rings. The molecule has 25 heavy (non-hydrogen) atoms. The van der Waals surface area contributed by atoms with Gasteiger partial charge in [-0.3, -0.25) is 4.79 Å². The molecule has 0 saturated heterocycles. The van der Waals surface area contributed by atoms with Gasteiger partial charge in [0.15, 0.2) is 11.5 Å². The lowest BCUT2D eigenvalue weighted by Crippen LogP contribution is -2.44. The molecule has 0 unspecified atom stereocenters. The summed E-state index contributed by atoms with van der Waals surface area (Å²) in [6, 6.07) is 15.7. The largest absolute Gasteiger partial charge is 0.485 e. The van der Waals surface area contributed by atoms with Crippen LogP contribution < -0.4 is 14.8 Å². The summed E-state index contributed by atoms with van der Waals surface area (Å²) >= 11 is 0. The molecule has 4 heteroatoms. The molecule has 0 aromatic heterocycles. The smallest absolute Gasteiger partial charge is 0.265 e. The summed E-state index contributed by atoms with van der Waals surface area (Å²) in [5, 5.41) is 3.01. The highest BCUT2D eigenvalue weighted by molar-refractivity contribution is 5.82. The van der Waals surface area contributed by atoms with E-state index in [2.05, 4.69) is 50.4 Å². The van der Waals surface area contributed by atoms with Crippen LogP contribution in [0.15, 0.2) is 48.5 Å². The monoisotopic (exact) mass is 339 g/mol. The van der Waals surface area contributed by atoms with Gasteiger partial charge in [-0.1, -0.05) is 57.2 Å². The van der Waals surface area contributed by atoms with Crippen molar-refractivity contribution in [2.75, 3.05) is 6.61 Å². The van der Waals surface area contributed by atoms with Gasteiger partial charge in [0.05, 0.1) is 6.04 Å². The maximum atomic E-state index is 12.5. The lowest BCUT2D eigenvalue weighted by molar-refractivity contribution is -0.131. The molecule has 1 aliphatic heterocycles. The molecule has 0 fully saturated rings. The van der Waals surface area contributed by atoms with Gasteiger partial charge < -0.3 is 14.8 Å². The highest BCUT2D eigenvalue weighted by atomic mass is 16.6. The van der Waals surface area contributed by atoms with E-state index in [0.29, 0.717) is 11.5 Å². The molecular weight excluding hydrogens is 314 g/mol. The van der Waals surface area contributed by atoms with Gasteiger partial charge >= 0.3 is 0 Å². The number of carbonyl (C=O) groups is 1. The van der Waals surface area contributed by atoms with Gasteiger partial charge in [-0.05, 0) is 35.6 Å². The number of ether oxygens (including phenoxy) is 2. The molecule has 1 amide bonds. The third-order valence-electron chi connectivity index (χ3n) is 4.44. The number of amides is 1. The van der Waals surface area contributed by atoms with Crippen molar-refractivity contribution in [2.24, 2.45) is 0 Å². The van der Waals surface area contributed by atoms with Crippen LogP contribution in [-0.4, -0.2) is 18.6 Å². The number of rotatable bonds is 3. The van der Waals surface area contributed by atoms with E-state index >= 15 is 0 Å². The Morgan fingerprint density at radius 1 is 1.08 bits per heavy atom. The summed E-state index contributed by atoms with van der Waals surface area (Å²) in [7, 11) is 0. The van der Waals surface area contributed by atoms with Crippen molar-refractivity contribution in [3.8, 4) is 11.5 Å². The van der Waals surface area contributed by atoms with Gasteiger partial charge in [-0.25, -0.2) is 0 Å². The number of benzene rings is 2. The van der Waals surface area contributed by atoms with Crippen LogP contribution in [0.1, 0.15) is 44.9 Å². The number of carbonyl (C=O) groups excluding carboxylic acids is 1. The van der Waals surface area contributed by atoms with Crippen molar-refractivity contribution in [3.63, 3.8) is 0 Å². The van der Waals surface area contributed by atoms with Crippen LogP contribution in [0.5, 0.6) is 11.5 Å². The zero-order valence-corrected chi connectivity index (χ0v) is 15.2. The first-order valence-electron chi connectivity index (χ1n) is 8.64. The molecule has 0 spiro atoms. The summed E-state index contributed by atoms with van der Waals surface area (Å²) < 4.78 is 11.4. The Balaban J connectivity index is 1.63. The second-order valence-corrected chi connectivity index (χ2v) is 7.47. The molecule has 4 nitrogen and oxygen atoms in total. The molecule has 0 radical (unpaired) electrons. The van der Waals surface area contributed by atoms with Crippen molar-refractivity contribution in [1.29, 1.82) is 0 Å². The van der Waals surface area contributed by atoms with Crippen molar-refractivity contribution >= 4 is 5.91 Å². The molecular formula is C21H25NO3. The fourth-order valence-corrected chi connectivity index (χ4v) is 2.81. The van der Waals surface area contributed by atoms with Crippen LogP contribution in [-0.2, 0) is 10.2 Å². The molecule has 2 aromatic carbocycles.